The van der Waals surface area contributed by atoms with Gasteiger partial charge in [-0.3, -0.25) is 24.0 Å². The Morgan fingerprint density at radius 2 is 1.73 bits per heavy atom. The highest BCUT2D eigenvalue weighted by molar-refractivity contribution is 7.54. The highest BCUT2D eigenvalue weighted by Gasteiger charge is 2.51. The molecular weight excluding hydrogens is 447 g/mol. The molecule has 0 bridgehead atoms. The molecule has 2 saturated heterocycles. The number of ether oxygens (including phenoxy) is 1. The number of nitro benzene ring substituents is 1. The van der Waals surface area contributed by atoms with Crippen molar-refractivity contribution in [3.8, 4) is 11.5 Å². The van der Waals surface area contributed by atoms with Gasteiger partial charge in [0.1, 0.15) is 5.75 Å². The zero-order valence-electron chi connectivity index (χ0n) is 18.5. The maximum absolute atomic E-state index is 13.4. The molecule has 2 aromatic carbocycles. The van der Waals surface area contributed by atoms with Gasteiger partial charge in [-0.15, -0.1) is 0 Å². The van der Waals surface area contributed by atoms with Crippen molar-refractivity contribution in [3.63, 3.8) is 0 Å². The second-order valence-electron chi connectivity index (χ2n) is 8.60. The summed E-state index contributed by atoms with van der Waals surface area (Å²) < 4.78 is 29.3. The lowest BCUT2D eigenvalue weighted by molar-refractivity contribution is -0.385. The normalized spacial score (nSPS) is 19.8. The van der Waals surface area contributed by atoms with Gasteiger partial charge in [-0.05, 0) is 48.7 Å². The first-order valence-electron chi connectivity index (χ1n) is 10.9. The van der Waals surface area contributed by atoms with E-state index in [1.807, 2.05) is 9.34 Å². The van der Waals surface area contributed by atoms with Gasteiger partial charge in [0, 0.05) is 57.5 Å². The molecule has 0 saturated carbocycles. The van der Waals surface area contributed by atoms with Crippen LogP contribution in [0.5, 0.6) is 11.5 Å². The van der Waals surface area contributed by atoms with Crippen LogP contribution in [0.25, 0.3) is 0 Å². The molecule has 3 aliphatic rings. The first-order chi connectivity index (χ1) is 15.8. The summed E-state index contributed by atoms with van der Waals surface area (Å²) in [5, 5.41) is 11.7. The van der Waals surface area contributed by atoms with Crippen LogP contribution in [0.15, 0.2) is 36.4 Å². The van der Waals surface area contributed by atoms with E-state index in [0.29, 0.717) is 29.7 Å². The number of carbonyl (C=O) groups is 1. The number of fused-ring (bicyclic) bond motifs is 1. The van der Waals surface area contributed by atoms with E-state index in [9.17, 15) is 19.5 Å². The van der Waals surface area contributed by atoms with E-state index in [2.05, 4.69) is 0 Å². The third kappa shape index (κ3) is 4.15. The number of nitrogens with zero attached hydrogens (tertiary/aromatic N) is 4. The second kappa shape index (κ2) is 8.22. The molecule has 2 aromatic rings. The quantitative estimate of drug-likeness (QED) is 0.247. The van der Waals surface area contributed by atoms with Crippen molar-refractivity contribution in [2.45, 2.75) is 18.9 Å². The maximum atomic E-state index is 13.4. The van der Waals surface area contributed by atoms with E-state index < -0.39 is 18.7 Å². The third-order valence-corrected chi connectivity index (χ3v) is 8.79. The number of hydrogen-bond donors (Lipinski definition) is 0. The van der Waals surface area contributed by atoms with Gasteiger partial charge in [-0.25, -0.2) is 9.34 Å². The Bertz CT molecular complexity index is 1140. The smallest absolute Gasteiger partial charge is 0.346 e. The van der Waals surface area contributed by atoms with Gasteiger partial charge in [0.2, 0.25) is 5.75 Å². The van der Waals surface area contributed by atoms with Gasteiger partial charge < -0.3 is 9.64 Å². The van der Waals surface area contributed by atoms with Crippen LogP contribution in [-0.2, 0) is 15.5 Å². The Hall–Kier alpha value is -2.78. The monoisotopic (exact) mass is 472 g/mol. The van der Waals surface area contributed by atoms with Crippen LogP contribution in [0, 0.1) is 10.1 Å². The van der Waals surface area contributed by atoms with Gasteiger partial charge in [0.15, 0.2) is 0 Å². The first kappa shape index (κ1) is 22.0. The van der Waals surface area contributed by atoms with Crippen molar-refractivity contribution in [1.82, 2.24) is 14.2 Å². The molecule has 11 heteroatoms. The minimum Gasteiger partial charge on any atom is -0.450 e. The van der Waals surface area contributed by atoms with Crippen molar-refractivity contribution in [2.24, 2.45) is 0 Å². The molecule has 2 fully saturated rings. The van der Waals surface area contributed by atoms with Crippen LogP contribution in [0.4, 0.5) is 5.69 Å². The molecule has 1 amide bonds. The molecule has 0 N–H and O–H groups in total. The van der Waals surface area contributed by atoms with E-state index in [1.54, 1.807) is 44.4 Å². The Kier molecular flexibility index (Phi) is 5.49. The Balaban J connectivity index is 1.44. The van der Waals surface area contributed by atoms with Crippen LogP contribution < -0.4 is 4.74 Å². The molecule has 2 heterocycles. The Labute approximate surface area is 191 Å². The first-order valence-corrected chi connectivity index (χ1v) is 12.4. The zero-order chi connectivity index (χ0) is 23.3. The number of amides is 1. The molecule has 0 radical (unpaired) electrons. The summed E-state index contributed by atoms with van der Waals surface area (Å²) in [5.74, 6) is 0.420. The molecule has 0 aromatic heterocycles. The lowest BCUT2D eigenvalue weighted by atomic mass is 10.1. The Morgan fingerprint density at radius 1 is 1.09 bits per heavy atom. The standard InChI is InChI=1S/C22H25N4O6P/c1-23(2)22(27)15-3-5-16(6-4-15)31-21-18-8-10-20(17(18)7-9-19(21)26(28)29)32-33(30,24-11-12-24)25-13-14-25/h3-7,9,20H,8,10-14H2,1-2H3/t20-/m1/s1. The van der Waals surface area contributed by atoms with E-state index in [4.69, 9.17) is 9.26 Å². The largest absolute Gasteiger partial charge is 0.450 e. The number of rotatable bonds is 8. The van der Waals surface area contributed by atoms with Gasteiger partial charge in [0.25, 0.3) is 5.91 Å². The minimum absolute atomic E-state index is 0.136. The van der Waals surface area contributed by atoms with Crippen LogP contribution in [0.2, 0.25) is 0 Å². The fraction of sp³-hybridized carbons (Fsp3) is 0.409. The van der Waals surface area contributed by atoms with E-state index >= 15 is 0 Å². The van der Waals surface area contributed by atoms with Crippen molar-refractivity contribution in [3.05, 3.63) is 63.2 Å². The molecule has 1 aliphatic carbocycles. The van der Waals surface area contributed by atoms with Crippen molar-refractivity contribution in [2.75, 3.05) is 40.3 Å². The number of carbonyl (C=O) groups excluding carboxylic acids is 1. The van der Waals surface area contributed by atoms with E-state index in [0.717, 1.165) is 31.7 Å². The van der Waals surface area contributed by atoms with Crippen molar-refractivity contribution >= 4 is 19.3 Å². The molecule has 2 aliphatic heterocycles. The van der Waals surface area contributed by atoms with Gasteiger partial charge >= 0.3 is 13.4 Å². The fourth-order valence-electron chi connectivity index (χ4n) is 4.10. The average Bonchev–Trinajstić information content (AvgIpc) is 3.70. The SMILES string of the molecule is CN(C)C(=O)c1ccc(Oc2c([N+](=O)[O-])ccc3c2CC[C@H]3OP(=O)(N2CC2)N2CC2)cc1. The lowest BCUT2D eigenvalue weighted by Gasteiger charge is -2.24. The van der Waals surface area contributed by atoms with Crippen LogP contribution in [0.3, 0.4) is 0 Å². The molecule has 174 valence electrons. The van der Waals surface area contributed by atoms with Crippen molar-refractivity contribution < 1.29 is 23.5 Å². The Morgan fingerprint density at radius 3 is 2.27 bits per heavy atom. The number of hydrogen-bond acceptors (Lipinski definition) is 6. The molecular formula is C22H25N4O6P. The molecule has 33 heavy (non-hydrogen) atoms. The summed E-state index contributed by atoms with van der Waals surface area (Å²) in [4.78, 5) is 24.8. The van der Waals surface area contributed by atoms with Crippen LogP contribution in [-0.4, -0.2) is 65.3 Å². The predicted octanol–water partition coefficient (Wildman–Crippen LogP) is 3.83. The summed E-state index contributed by atoms with van der Waals surface area (Å²) in [6.45, 7) is 3.03. The van der Waals surface area contributed by atoms with Crippen LogP contribution in [0.1, 0.15) is 34.0 Å². The third-order valence-electron chi connectivity index (χ3n) is 6.03. The molecule has 0 spiro atoms. The van der Waals surface area contributed by atoms with Crippen LogP contribution >= 0.6 is 7.67 Å². The fourth-order valence-corrected chi connectivity index (χ4v) is 6.47. The molecule has 10 nitrogen and oxygen atoms in total. The highest BCUT2D eigenvalue weighted by Crippen LogP contribution is 2.64. The number of nitro groups is 1. The second-order valence-corrected chi connectivity index (χ2v) is 10.9. The highest BCUT2D eigenvalue weighted by atomic mass is 31.2. The van der Waals surface area contributed by atoms with E-state index in [1.165, 1.54) is 11.0 Å². The average molecular weight is 472 g/mol. The van der Waals surface area contributed by atoms with Gasteiger partial charge in [-0.1, -0.05) is 0 Å². The van der Waals surface area contributed by atoms with Gasteiger partial charge in [0.05, 0.1) is 11.0 Å². The van der Waals surface area contributed by atoms with Crippen molar-refractivity contribution in [1.29, 1.82) is 0 Å². The minimum atomic E-state index is -3.03. The van der Waals surface area contributed by atoms with Gasteiger partial charge in [-0.2, -0.15) is 0 Å². The lowest BCUT2D eigenvalue weighted by Crippen LogP contribution is -2.21. The molecule has 5 rings (SSSR count). The zero-order valence-corrected chi connectivity index (χ0v) is 19.4. The molecule has 0 unspecified atom stereocenters. The van der Waals surface area contributed by atoms with E-state index in [-0.39, 0.29) is 17.3 Å². The maximum Gasteiger partial charge on any atom is 0.346 e. The summed E-state index contributed by atoms with van der Waals surface area (Å²) in [5.41, 5.74) is 1.84. The summed E-state index contributed by atoms with van der Waals surface area (Å²) in [6.07, 6.45) is 0.693. The summed E-state index contributed by atoms with van der Waals surface area (Å²) in [7, 11) is 0.310. The topological polar surface area (TPSA) is 105 Å². The summed E-state index contributed by atoms with van der Waals surface area (Å²) >= 11 is 0. The predicted molar refractivity (Wildman–Crippen MR) is 121 cm³/mol. The summed E-state index contributed by atoms with van der Waals surface area (Å²) in [6, 6.07) is 9.60. The molecule has 1 atom stereocenters. The number of benzene rings is 2.